The molecule has 0 bridgehead atoms. The predicted molar refractivity (Wildman–Crippen MR) is 101 cm³/mol. The number of halogens is 3. The minimum atomic E-state index is -4.36. The average molecular weight is 395 g/mol. The maximum atomic E-state index is 13.0. The van der Waals surface area contributed by atoms with Gasteiger partial charge >= 0.3 is 6.18 Å². The van der Waals surface area contributed by atoms with Crippen molar-refractivity contribution in [3.8, 4) is 0 Å². The topological polar surface area (TPSA) is 36.4 Å². The quantitative estimate of drug-likeness (QED) is 0.747. The number of fused-ring (bicyclic) bond motifs is 1. The van der Waals surface area contributed by atoms with E-state index in [0.717, 1.165) is 50.5 Å². The van der Waals surface area contributed by atoms with Crippen LogP contribution in [0.3, 0.4) is 0 Å². The van der Waals surface area contributed by atoms with Gasteiger partial charge in [-0.3, -0.25) is 4.79 Å². The second kappa shape index (κ2) is 7.91. The number of carbonyl (C=O) groups excluding carboxylic acids is 1. The molecule has 2 saturated heterocycles. The van der Waals surface area contributed by atoms with Crippen molar-refractivity contribution >= 4 is 11.7 Å². The second-order valence-corrected chi connectivity index (χ2v) is 8.54. The molecule has 28 heavy (non-hydrogen) atoms. The normalized spacial score (nSPS) is 26.8. The van der Waals surface area contributed by atoms with Gasteiger partial charge in [-0.15, -0.1) is 0 Å². The van der Waals surface area contributed by atoms with E-state index in [1.807, 2.05) is 4.90 Å². The average Bonchev–Trinajstić information content (AvgIpc) is 2.72. The summed E-state index contributed by atoms with van der Waals surface area (Å²) in [5.41, 5.74) is -0.729. The van der Waals surface area contributed by atoms with E-state index >= 15 is 0 Å². The molecule has 3 aliphatic rings. The summed E-state index contributed by atoms with van der Waals surface area (Å²) < 4.78 is 38.1. The highest BCUT2D eigenvalue weighted by Crippen LogP contribution is 2.37. The Morgan fingerprint density at radius 2 is 1.68 bits per heavy atom. The highest BCUT2D eigenvalue weighted by Gasteiger charge is 2.36. The lowest BCUT2D eigenvalue weighted by Crippen LogP contribution is -2.49. The molecule has 4 nitrogen and oxygen atoms in total. The van der Waals surface area contributed by atoms with E-state index in [1.165, 1.54) is 31.7 Å². The number of anilines is 1. The number of nitrogens with zero attached hydrogens (tertiary/aromatic N) is 3. The predicted octanol–water partition coefficient (Wildman–Crippen LogP) is 4.36. The molecule has 1 amide bonds. The number of likely N-dealkylation sites (tertiary alicyclic amines) is 1. The third-order valence-corrected chi connectivity index (χ3v) is 6.85. The van der Waals surface area contributed by atoms with Crippen LogP contribution >= 0.6 is 0 Å². The SMILES string of the molecule is O=C(C1CCN(c2ccc(C(F)(F)F)cn2)CC1)N1CC[C@@H]2CCCC[C@H]2C1. The maximum Gasteiger partial charge on any atom is 0.417 e. The number of pyridine rings is 1. The Balaban J connectivity index is 1.31. The van der Waals surface area contributed by atoms with Gasteiger partial charge in [0.1, 0.15) is 5.82 Å². The summed E-state index contributed by atoms with van der Waals surface area (Å²) in [5.74, 6) is 2.37. The molecule has 3 fully saturated rings. The van der Waals surface area contributed by atoms with Crippen LogP contribution in [0, 0.1) is 17.8 Å². The molecule has 154 valence electrons. The largest absolute Gasteiger partial charge is 0.417 e. The molecule has 0 unspecified atom stereocenters. The third kappa shape index (κ3) is 4.13. The minimum absolute atomic E-state index is 0.0332. The Hall–Kier alpha value is -1.79. The molecule has 0 spiro atoms. The number of alkyl halides is 3. The Kier molecular flexibility index (Phi) is 5.52. The van der Waals surface area contributed by atoms with Gasteiger partial charge in [0.15, 0.2) is 0 Å². The van der Waals surface area contributed by atoms with Crippen LogP contribution in [0.1, 0.15) is 50.5 Å². The van der Waals surface area contributed by atoms with Gasteiger partial charge < -0.3 is 9.80 Å². The summed E-state index contributed by atoms with van der Waals surface area (Å²) in [5, 5.41) is 0. The lowest BCUT2D eigenvalue weighted by atomic mass is 9.75. The first-order valence-electron chi connectivity index (χ1n) is 10.5. The summed E-state index contributed by atoms with van der Waals surface area (Å²) in [6.45, 7) is 3.13. The van der Waals surface area contributed by atoms with Crippen molar-refractivity contribution in [1.82, 2.24) is 9.88 Å². The molecule has 7 heteroatoms. The van der Waals surface area contributed by atoms with Gasteiger partial charge in [0, 0.05) is 38.3 Å². The molecule has 4 rings (SSSR count). The Bertz CT molecular complexity index is 683. The monoisotopic (exact) mass is 395 g/mol. The van der Waals surface area contributed by atoms with Crippen LogP contribution in [0.25, 0.3) is 0 Å². The smallest absolute Gasteiger partial charge is 0.357 e. The summed E-state index contributed by atoms with van der Waals surface area (Å²) in [6, 6.07) is 2.51. The molecule has 1 aromatic heterocycles. The molecule has 1 saturated carbocycles. The van der Waals surface area contributed by atoms with E-state index in [-0.39, 0.29) is 11.8 Å². The van der Waals surface area contributed by atoms with Crippen LogP contribution < -0.4 is 4.90 Å². The zero-order chi connectivity index (χ0) is 19.7. The lowest BCUT2D eigenvalue weighted by Gasteiger charge is -2.43. The number of aromatic nitrogens is 1. The van der Waals surface area contributed by atoms with E-state index in [9.17, 15) is 18.0 Å². The van der Waals surface area contributed by atoms with Crippen LogP contribution in [0.2, 0.25) is 0 Å². The maximum absolute atomic E-state index is 13.0. The first kappa shape index (κ1) is 19.5. The van der Waals surface area contributed by atoms with Gasteiger partial charge in [-0.2, -0.15) is 13.2 Å². The molecule has 0 radical (unpaired) electrons. The number of rotatable bonds is 2. The lowest BCUT2D eigenvalue weighted by molar-refractivity contribution is -0.139. The molecule has 1 aromatic rings. The first-order valence-corrected chi connectivity index (χ1v) is 10.5. The van der Waals surface area contributed by atoms with Gasteiger partial charge in [-0.25, -0.2) is 4.98 Å². The van der Waals surface area contributed by atoms with E-state index in [2.05, 4.69) is 9.88 Å². The molecular formula is C21H28F3N3O. The summed E-state index contributed by atoms with van der Waals surface area (Å²) in [7, 11) is 0. The van der Waals surface area contributed by atoms with Crippen molar-refractivity contribution in [2.45, 2.75) is 51.1 Å². The van der Waals surface area contributed by atoms with Gasteiger partial charge in [-0.1, -0.05) is 19.3 Å². The number of hydrogen-bond acceptors (Lipinski definition) is 3. The molecule has 3 heterocycles. The number of carbonyl (C=O) groups is 1. The van der Waals surface area contributed by atoms with Gasteiger partial charge in [-0.05, 0) is 49.7 Å². The van der Waals surface area contributed by atoms with Gasteiger partial charge in [0.2, 0.25) is 5.91 Å². The van der Waals surface area contributed by atoms with E-state index < -0.39 is 11.7 Å². The molecule has 1 aliphatic carbocycles. The standard InChI is InChI=1S/C21H28F3N3O/c22-21(23,24)18-5-6-19(25-13-18)26-10-8-16(9-11-26)20(28)27-12-7-15-3-1-2-4-17(15)14-27/h5-6,13,15-17H,1-4,7-12,14H2/t15-,17-/m0/s1. The van der Waals surface area contributed by atoms with Crippen molar-refractivity contribution in [2.75, 3.05) is 31.1 Å². The highest BCUT2D eigenvalue weighted by molar-refractivity contribution is 5.79. The molecule has 2 atom stereocenters. The summed E-state index contributed by atoms with van der Waals surface area (Å²) >= 11 is 0. The zero-order valence-electron chi connectivity index (χ0n) is 16.1. The van der Waals surface area contributed by atoms with Gasteiger partial charge in [0.25, 0.3) is 0 Å². The van der Waals surface area contributed by atoms with Crippen molar-refractivity contribution in [1.29, 1.82) is 0 Å². The van der Waals surface area contributed by atoms with E-state index in [4.69, 9.17) is 0 Å². The summed E-state index contributed by atoms with van der Waals surface area (Å²) in [6.07, 6.45) is 4.37. The van der Waals surface area contributed by atoms with Crippen molar-refractivity contribution in [3.63, 3.8) is 0 Å². The summed E-state index contributed by atoms with van der Waals surface area (Å²) in [4.78, 5) is 21.0. The van der Waals surface area contributed by atoms with Gasteiger partial charge in [0.05, 0.1) is 5.56 Å². The molecule has 2 aliphatic heterocycles. The minimum Gasteiger partial charge on any atom is -0.357 e. The Labute approximate surface area is 164 Å². The fourth-order valence-corrected chi connectivity index (χ4v) is 5.16. The van der Waals surface area contributed by atoms with Crippen molar-refractivity contribution in [2.24, 2.45) is 17.8 Å². The Morgan fingerprint density at radius 3 is 2.32 bits per heavy atom. The molecular weight excluding hydrogens is 367 g/mol. The van der Waals surface area contributed by atoms with Crippen LogP contribution in [-0.4, -0.2) is 42.0 Å². The fraction of sp³-hybridized carbons (Fsp3) is 0.714. The molecule has 0 N–H and O–H groups in total. The van der Waals surface area contributed by atoms with Crippen molar-refractivity contribution in [3.05, 3.63) is 23.9 Å². The first-order chi connectivity index (χ1) is 13.4. The fourth-order valence-electron chi connectivity index (χ4n) is 5.16. The van der Waals surface area contributed by atoms with E-state index in [0.29, 0.717) is 24.8 Å². The van der Waals surface area contributed by atoms with Crippen molar-refractivity contribution < 1.29 is 18.0 Å². The number of hydrogen-bond donors (Lipinski definition) is 0. The Morgan fingerprint density at radius 1 is 0.964 bits per heavy atom. The molecule has 0 aromatic carbocycles. The van der Waals surface area contributed by atoms with Crippen LogP contribution in [0.5, 0.6) is 0 Å². The number of piperidine rings is 2. The van der Waals surface area contributed by atoms with E-state index in [1.54, 1.807) is 0 Å². The van der Waals surface area contributed by atoms with Crippen LogP contribution in [0.15, 0.2) is 18.3 Å². The zero-order valence-corrected chi connectivity index (χ0v) is 16.1. The highest BCUT2D eigenvalue weighted by atomic mass is 19.4. The van der Waals surface area contributed by atoms with Crippen LogP contribution in [-0.2, 0) is 11.0 Å². The third-order valence-electron chi connectivity index (χ3n) is 6.85. The number of amides is 1. The second-order valence-electron chi connectivity index (χ2n) is 8.54. The van der Waals surface area contributed by atoms with Crippen LogP contribution in [0.4, 0.5) is 19.0 Å².